The number of ketones is 1. The van der Waals surface area contributed by atoms with Crippen molar-refractivity contribution in [1.29, 1.82) is 0 Å². The summed E-state index contributed by atoms with van der Waals surface area (Å²) < 4.78 is 3.64. The maximum Gasteiger partial charge on any atom is 0.160 e. The number of imidazole rings is 1. The predicted octanol–water partition coefficient (Wildman–Crippen LogP) is 3.37. The molecule has 0 amide bonds. The molecule has 3 aromatic heterocycles. The van der Waals surface area contributed by atoms with Crippen molar-refractivity contribution in [3.05, 3.63) is 65.7 Å². The molecule has 3 heterocycles. The van der Waals surface area contributed by atoms with E-state index in [1.54, 1.807) is 24.7 Å². The van der Waals surface area contributed by atoms with Crippen molar-refractivity contribution in [3.63, 3.8) is 0 Å². The first kappa shape index (κ1) is 18.6. The van der Waals surface area contributed by atoms with Crippen LogP contribution < -0.4 is 5.32 Å². The number of pyridine rings is 1. The molecule has 1 aliphatic carbocycles. The number of benzene rings is 1. The van der Waals surface area contributed by atoms with Gasteiger partial charge in [0.25, 0.3) is 0 Å². The Morgan fingerprint density at radius 1 is 1.10 bits per heavy atom. The number of hydrogen-bond donors (Lipinski definition) is 2. The summed E-state index contributed by atoms with van der Waals surface area (Å²) in [5, 5.41) is 18.2. The van der Waals surface area contributed by atoms with Crippen LogP contribution in [0.1, 0.15) is 30.7 Å². The zero-order chi connectivity index (χ0) is 21.0. The third kappa shape index (κ3) is 3.17. The average Bonchev–Trinajstić information content (AvgIpc) is 3.37. The van der Waals surface area contributed by atoms with Gasteiger partial charge in [-0.3, -0.25) is 9.48 Å². The zero-order valence-electron chi connectivity index (χ0n) is 17.2. The molecule has 1 aromatic carbocycles. The van der Waals surface area contributed by atoms with E-state index < -0.39 is 5.60 Å². The van der Waals surface area contributed by atoms with Crippen molar-refractivity contribution in [2.75, 3.05) is 5.32 Å². The first-order valence-corrected chi connectivity index (χ1v) is 9.92. The molecule has 0 atom stereocenters. The van der Waals surface area contributed by atoms with Gasteiger partial charge in [0.15, 0.2) is 11.5 Å². The number of carbonyl (C=O) groups excluding carboxylic acids is 1. The Kier molecular flexibility index (Phi) is 4.04. The lowest BCUT2D eigenvalue weighted by atomic mass is 10.0. The highest BCUT2D eigenvalue weighted by Gasteiger charge is 2.22. The minimum atomic E-state index is -0.992. The summed E-state index contributed by atoms with van der Waals surface area (Å²) in [7, 11) is 1.81. The van der Waals surface area contributed by atoms with E-state index in [-0.39, 0.29) is 5.78 Å². The fourth-order valence-corrected chi connectivity index (χ4v) is 4.15. The van der Waals surface area contributed by atoms with Crippen LogP contribution in [0, 0.1) is 0 Å². The van der Waals surface area contributed by atoms with Crippen molar-refractivity contribution < 1.29 is 9.90 Å². The van der Waals surface area contributed by atoms with Crippen LogP contribution in [0.2, 0.25) is 0 Å². The molecule has 0 unspecified atom stereocenters. The van der Waals surface area contributed by atoms with E-state index in [9.17, 15) is 9.90 Å². The quantitative estimate of drug-likeness (QED) is 0.548. The van der Waals surface area contributed by atoms with Gasteiger partial charge in [0.2, 0.25) is 0 Å². The van der Waals surface area contributed by atoms with Crippen LogP contribution in [0.15, 0.2) is 48.9 Å². The standard InChI is InChI=1S/C23H23N5O2/c1-23(2,30)20-12-21(26-27(20)3)25-19-11-17(13-28-7-6-24-22(19)28)14-4-5-15-9-18(29)10-16(15)8-14/h4-8,11-13,30H,9-10H2,1-3H3,(H,25,26). The number of aliphatic hydroxyl groups is 1. The number of fused-ring (bicyclic) bond motifs is 2. The lowest BCUT2D eigenvalue weighted by Gasteiger charge is -2.16. The third-order valence-electron chi connectivity index (χ3n) is 5.57. The van der Waals surface area contributed by atoms with Crippen LogP contribution in [0.5, 0.6) is 0 Å². The first-order valence-electron chi connectivity index (χ1n) is 9.92. The van der Waals surface area contributed by atoms with E-state index in [0.29, 0.717) is 24.4 Å². The number of aromatic nitrogens is 4. The molecule has 1 aliphatic rings. The van der Waals surface area contributed by atoms with Gasteiger partial charge in [0.05, 0.1) is 11.4 Å². The second-order valence-corrected chi connectivity index (χ2v) is 8.40. The third-order valence-corrected chi connectivity index (χ3v) is 5.57. The van der Waals surface area contributed by atoms with Crippen LogP contribution in [-0.2, 0) is 30.3 Å². The van der Waals surface area contributed by atoms with Crippen LogP contribution in [0.25, 0.3) is 16.8 Å². The second-order valence-electron chi connectivity index (χ2n) is 8.40. The van der Waals surface area contributed by atoms with Gasteiger partial charge in [0, 0.05) is 50.1 Å². The number of rotatable bonds is 4. The maximum absolute atomic E-state index is 11.8. The first-order chi connectivity index (χ1) is 14.3. The molecule has 30 heavy (non-hydrogen) atoms. The van der Waals surface area contributed by atoms with Gasteiger partial charge in [-0.15, -0.1) is 0 Å². The lowest BCUT2D eigenvalue weighted by molar-refractivity contribution is -0.117. The fraction of sp³-hybridized carbons (Fsp3) is 0.261. The highest BCUT2D eigenvalue weighted by atomic mass is 16.3. The molecule has 5 rings (SSSR count). The number of Topliss-reactive ketones (excluding diaryl/α,β-unsaturated/α-hetero) is 1. The summed E-state index contributed by atoms with van der Waals surface area (Å²) in [5.74, 6) is 0.906. The van der Waals surface area contributed by atoms with E-state index in [1.165, 1.54) is 0 Å². The summed E-state index contributed by atoms with van der Waals surface area (Å²) in [6.07, 6.45) is 6.74. The van der Waals surface area contributed by atoms with E-state index in [0.717, 1.165) is 33.6 Å². The normalized spacial score (nSPS) is 13.8. The summed E-state index contributed by atoms with van der Waals surface area (Å²) in [5.41, 5.74) is 5.62. The van der Waals surface area contributed by atoms with Gasteiger partial charge in [-0.2, -0.15) is 5.10 Å². The second kappa shape index (κ2) is 6.53. The highest BCUT2D eigenvalue weighted by molar-refractivity contribution is 5.89. The molecule has 0 saturated heterocycles. The molecule has 0 fully saturated rings. The Bertz CT molecular complexity index is 1290. The van der Waals surface area contributed by atoms with Gasteiger partial charge < -0.3 is 14.8 Å². The number of nitrogens with zero attached hydrogens (tertiary/aromatic N) is 4. The predicted molar refractivity (Wildman–Crippen MR) is 115 cm³/mol. The number of carbonyl (C=O) groups is 1. The Hall–Kier alpha value is -3.45. The van der Waals surface area contributed by atoms with Gasteiger partial charge in [-0.05, 0) is 36.6 Å². The summed E-state index contributed by atoms with van der Waals surface area (Å²) in [6.45, 7) is 3.47. The summed E-state index contributed by atoms with van der Waals surface area (Å²) >= 11 is 0. The van der Waals surface area contributed by atoms with E-state index in [1.807, 2.05) is 36.0 Å². The lowest BCUT2D eigenvalue weighted by Crippen LogP contribution is -2.19. The maximum atomic E-state index is 11.8. The van der Waals surface area contributed by atoms with Crippen LogP contribution >= 0.6 is 0 Å². The molecule has 7 heteroatoms. The molecule has 0 bridgehead atoms. The SMILES string of the molecule is Cn1nc(Nc2cc(-c3ccc4c(c3)CC(=O)C4)cn3ccnc23)cc1C(C)(C)O. The van der Waals surface area contributed by atoms with Crippen LogP contribution in [-0.4, -0.2) is 30.1 Å². The smallest absolute Gasteiger partial charge is 0.160 e. The fourth-order valence-electron chi connectivity index (χ4n) is 4.15. The van der Waals surface area contributed by atoms with Gasteiger partial charge in [-0.1, -0.05) is 18.2 Å². The van der Waals surface area contributed by atoms with Crippen molar-refractivity contribution in [3.8, 4) is 11.1 Å². The Labute approximate surface area is 174 Å². The summed E-state index contributed by atoms with van der Waals surface area (Å²) in [4.78, 5) is 16.3. The summed E-state index contributed by atoms with van der Waals surface area (Å²) in [6, 6.07) is 10.1. The van der Waals surface area contributed by atoms with Crippen LogP contribution in [0.4, 0.5) is 11.5 Å². The van der Waals surface area contributed by atoms with E-state index in [2.05, 4.69) is 33.6 Å². The molecule has 4 aromatic rings. The van der Waals surface area contributed by atoms with E-state index >= 15 is 0 Å². The monoisotopic (exact) mass is 401 g/mol. The Morgan fingerprint density at radius 2 is 1.90 bits per heavy atom. The minimum Gasteiger partial charge on any atom is -0.384 e. The topological polar surface area (TPSA) is 84.5 Å². The Morgan fingerprint density at radius 3 is 2.67 bits per heavy atom. The van der Waals surface area contributed by atoms with E-state index in [4.69, 9.17) is 0 Å². The molecule has 0 spiro atoms. The number of aryl methyl sites for hydroxylation is 1. The molecule has 0 radical (unpaired) electrons. The number of anilines is 2. The van der Waals surface area contributed by atoms with Gasteiger partial charge in [-0.25, -0.2) is 4.98 Å². The molecule has 0 saturated carbocycles. The van der Waals surface area contributed by atoms with Crippen molar-refractivity contribution >= 4 is 22.9 Å². The molecule has 152 valence electrons. The minimum absolute atomic E-state index is 0.271. The number of nitrogens with one attached hydrogen (secondary N) is 1. The van der Waals surface area contributed by atoms with Crippen LogP contribution in [0.3, 0.4) is 0 Å². The Balaban J connectivity index is 1.56. The molecule has 2 N–H and O–H groups in total. The van der Waals surface area contributed by atoms with Crippen molar-refractivity contribution in [2.24, 2.45) is 7.05 Å². The largest absolute Gasteiger partial charge is 0.384 e. The average molecular weight is 401 g/mol. The highest BCUT2D eigenvalue weighted by Crippen LogP contribution is 2.31. The van der Waals surface area contributed by atoms with Crippen molar-refractivity contribution in [2.45, 2.75) is 32.3 Å². The molecule has 7 nitrogen and oxygen atoms in total. The van der Waals surface area contributed by atoms with Gasteiger partial charge >= 0.3 is 0 Å². The number of hydrogen-bond acceptors (Lipinski definition) is 5. The molecule has 0 aliphatic heterocycles. The van der Waals surface area contributed by atoms with Gasteiger partial charge in [0.1, 0.15) is 11.4 Å². The van der Waals surface area contributed by atoms with Crippen molar-refractivity contribution in [1.82, 2.24) is 19.2 Å². The molecular formula is C23H23N5O2. The zero-order valence-corrected chi connectivity index (χ0v) is 17.2. The molecular weight excluding hydrogens is 378 g/mol.